The molecule has 0 saturated carbocycles. The van der Waals surface area contributed by atoms with Crippen molar-refractivity contribution in [3.05, 3.63) is 12.7 Å². The fourth-order valence-electron chi connectivity index (χ4n) is 2.31. The maximum absolute atomic E-state index is 11.6. The monoisotopic (exact) mass is 253 g/mol. The molecule has 4 nitrogen and oxygen atoms in total. The fraction of sp³-hybridized carbons (Fsp3) is 0.786. The first-order valence-corrected chi connectivity index (χ1v) is 6.82. The molecule has 4 heteroatoms. The van der Waals surface area contributed by atoms with Crippen molar-refractivity contribution in [2.24, 2.45) is 0 Å². The van der Waals surface area contributed by atoms with E-state index in [-0.39, 0.29) is 5.91 Å². The molecular weight excluding hydrogens is 226 g/mol. The van der Waals surface area contributed by atoms with Gasteiger partial charge in [-0.25, -0.2) is 0 Å². The van der Waals surface area contributed by atoms with Gasteiger partial charge in [0.1, 0.15) is 0 Å². The van der Waals surface area contributed by atoms with Crippen molar-refractivity contribution < 1.29 is 4.79 Å². The van der Waals surface area contributed by atoms with Crippen LogP contribution in [0.1, 0.15) is 26.2 Å². The van der Waals surface area contributed by atoms with Crippen LogP contribution in [0.15, 0.2) is 12.7 Å². The molecule has 0 radical (unpaired) electrons. The number of rotatable bonds is 6. The second-order valence-corrected chi connectivity index (χ2v) is 5.43. The molecule has 1 saturated heterocycles. The first-order chi connectivity index (χ1) is 8.52. The lowest BCUT2D eigenvalue weighted by Crippen LogP contribution is -2.47. The average molecular weight is 253 g/mol. The Labute approximate surface area is 111 Å². The number of amides is 1. The van der Waals surface area contributed by atoms with Gasteiger partial charge in [0.05, 0.1) is 6.54 Å². The van der Waals surface area contributed by atoms with Crippen LogP contribution in [0.25, 0.3) is 0 Å². The van der Waals surface area contributed by atoms with Gasteiger partial charge in [0.15, 0.2) is 0 Å². The number of nitrogens with zero attached hydrogens (tertiary/aromatic N) is 2. The van der Waals surface area contributed by atoms with E-state index in [1.54, 1.807) is 4.90 Å². The van der Waals surface area contributed by atoms with Gasteiger partial charge in [-0.1, -0.05) is 6.08 Å². The third kappa shape index (κ3) is 5.19. The minimum atomic E-state index is 0.196. The predicted octanol–water partition coefficient (Wildman–Crippen LogP) is 1.09. The van der Waals surface area contributed by atoms with Crippen molar-refractivity contribution in [2.45, 2.75) is 38.3 Å². The van der Waals surface area contributed by atoms with Crippen LogP contribution in [0.5, 0.6) is 0 Å². The minimum Gasteiger partial charge on any atom is -0.348 e. The van der Waals surface area contributed by atoms with E-state index < -0.39 is 0 Å². The van der Waals surface area contributed by atoms with Gasteiger partial charge in [-0.05, 0) is 26.2 Å². The van der Waals surface area contributed by atoms with Crippen LogP contribution in [0.3, 0.4) is 0 Å². The lowest BCUT2D eigenvalue weighted by molar-refractivity contribution is -0.130. The van der Waals surface area contributed by atoms with Gasteiger partial charge in [-0.3, -0.25) is 9.69 Å². The Kier molecular flexibility index (Phi) is 6.36. The highest BCUT2D eigenvalue weighted by Gasteiger charge is 2.21. The summed E-state index contributed by atoms with van der Waals surface area (Å²) in [6, 6.07) is 1.09. The van der Waals surface area contributed by atoms with Crippen molar-refractivity contribution in [2.75, 3.05) is 33.7 Å². The Hall–Kier alpha value is -0.870. The predicted molar refractivity (Wildman–Crippen MR) is 75.6 cm³/mol. The maximum atomic E-state index is 11.6. The van der Waals surface area contributed by atoms with Gasteiger partial charge in [0.2, 0.25) is 5.91 Å². The summed E-state index contributed by atoms with van der Waals surface area (Å²) in [5.74, 6) is 0.196. The molecule has 1 atom stereocenters. The van der Waals surface area contributed by atoms with Gasteiger partial charge >= 0.3 is 0 Å². The van der Waals surface area contributed by atoms with Gasteiger partial charge in [0.25, 0.3) is 0 Å². The molecule has 0 aromatic heterocycles. The summed E-state index contributed by atoms with van der Waals surface area (Å²) in [6.45, 7) is 8.54. The smallest absolute Gasteiger partial charge is 0.236 e. The molecule has 0 aliphatic carbocycles. The lowest BCUT2D eigenvalue weighted by Gasteiger charge is -2.33. The zero-order chi connectivity index (χ0) is 13.5. The summed E-state index contributed by atoms with van der Waals surface area (Å²) in [5, 5.41) is 3.62. The van der Waals surface area contributed by atoms with Crippen LogP contribution in [-0.2, 0) is 4.79 Å². The molecule has 1 aliphatic heterocycles. The third-order valence-electron chi connectivity index (χ3n) is 3.49. The third-order valence-corrected chi connectivity index (χ3v) is 3.49. The zero-order valence-electron chi connectivity index (χ0n) is 12.0. The second kappa shape index (κ2) is 7.54. The number of piperidine rings is 1. The quantitative estimate of drug-likeness (QED) is 0.720. The molecule has 104 valence electrons. The zero-order valence-corrected chi connectivity index (χ0v) is 12.0. The first-order valence-electron chi connectivity index (χ1n) is 6.82. The van der Waals surface area contributed by atoms with Crippen molar-refractivity contribution in [1.82, 2.24) is 15.1 Å². The van der Waals surface area contributed by atoms with Crippen LogP contribution < -0.4 is 5.32 Å². The van der Waals surface area contributed by atoms with Crippen LogP contribution in [-0.4, -0.2) is 61.5 Å². The maximum Gasteiger partial charge on any atom is 0.236 e. The number of hydrogen-bond acceptors (Lipinski definition) is 3. The van der Waals surface area contributed by atoms with E-state index in [2.05, 4.69) is 23.7 Å². The van der Waals surface area contributed by atoms with E-state index in [4.69, 9.17) is 0 Å². The highest BCUT2D eigenvalue weighted by Crippen LogP contribution is 2.11. The SMILES string of the molecule is C=CCC(C)NC1CCN(CC(=O)N(C)C)CC1. The second-order valence-electron chi connectivity index (χ2n) is 5.43. The summed E-state index contributed by atoms with van der Waals surface area (Å²) in [6.07, 6.45) is 5.23. The van der Waals surface area contributed by atoms with Crippen LogP contribution in [0, 0.1) is 0 Å². The number of carbonyl (C=O) groups is 1. The molecule has 0 aromatic rings. The molecule has 1 fully saturated rings. The molecule has 1 aliphatic rings. The molecule has 1 rings (SSSR count). The summed E-state index contributed by atoms with van der Waals surface area (Å²) in [7, 11) is 3.63. The van der Waals surface area contributed by atoms with Crippen molar-refractivity contribution in [3.8, 4) is 0 Å². The molecule has 0 aromatic carbocycles. The molecule has 0 bridgehead atoms. The standard InChI is InChI=1S/C14H27N3O/c1-5-6-12(2)15-13-7-9-17(10-8-13)11-14(18)16(3)4/h5,12-13,15H,1,6-11H2,2-4H3. The fourth-order valence-corrected chi connectivity index (χ4v) is 2.31. The van der Waals surface area contributed by atoms with E-state index >= 15 is 0 Å². The Balaban J connectivity index is 2.24. The van der Waals surface area contributed by atoms with Gasteiger partial charge < -0.3 is 10.2 Å². The van der Waals surface area contributed by atoms with Gasteiger partial charge in [0, 0.05) is 39.3 Å². The highest BCUT2D eigenvalue weighted by molar-refractivity contribution is 5.77. The molecular formula is C14H27N3O. The van der Waals surface area contributed by atoms with E-state index in [9.17, 15) is 4.79 Å². The van der Waals surface area contributed by atoms with E-state index in [1.807, 2.05) is 20.2 Å². The topological polar surface area (TPSA) is 35.6 Å². The van der Waals surface area contributed by atoms with Gasteiger partial charge in [-0.2, -0.15) is 0 Å². The summed E-state index contributed by atoms with van der Waals surface area (Å²) in [4.78, 5) is 15.5. The van der Waals surface area contributed by atoms with Crippen molar-refractivity contribution in [3.63, 3.8) is 0 Å². The number of hydrogen-bond donors (Lipinski definition) is 1. The first kappa shape index (κ1) is 15.2. The van der Waals surface area contributed by atoms with E-state index in [0.29, 0.717) is 18.6 Å². The van der Waals surface area contributed by atoms with E-state index in [0.717, 1.165) is 32.4 Å². The van der Waals surface area contributed by atoms with Gasteiger partial charge in [-0.15, -0.1) is 6.58 Å². The number of likely N-dealkylation sites (N-methyl/N-ethyl adjacent to an activating group) is 1. The molecule has 1 unspecified atom stereocenters. The molecule has 1 amide bonds. The minimum absolute atomic E-state index is 0.196. The van der Waals surface area contributed by atoms with Crippen LogP contribution in [0.2, 0.25) is 0 Å². The average Bonchev–Trinajstić information content (AvgIpc) is 2.31. The molecule has 1 heterocycles. The van der Waals surface area contributed by atoms with Crippen LogP contribution >= 0.6 is 0 Å². The molecule has 0 spiro atoms. The summed E-state index contributed by atoms with van der Waals surface area (Å²) >= 11 is 0. The van der Waals surface area contributed by atoms with Crippen molar-refractivity contribution in [1.29, 1.82) is 0 Å². The number of nitrogens with one attached hydrogen (secondary N) is 1. The van der Waals surface area contributed by atoms with Crippen molar-refractivity contribution >= 4 is 5.91 Å². The highest BCUT2D eigenvalue weighted by atomic mass is 16.2. The Morgan fingerprint density at radius 2 is 2.11 bits per heavy atom. The summed E-state index contributed by atoms with van der Waals surface area (Å²) < 4.78 is 0. The Bertz CT molecular complexity index is 270. The van der Waals surface area contributed by atoms with E-state index in [1.165, 1.54) is 0 Å². The normalized spacial score (nSPS) is 19.5. The van der Waals surface area contributed by atoms with Crippen LogP contribution in [0.4, 0.5) is 0 Å². The molecule has 18 heavy (non-hydrogen) atoms. The molecule has 1 N–H and O–H groups in total. The summed E-state index contributed by atoms with van der Waals surface area (Å²) in [5.41, 5.74) is 0. The largest absolute Gasteiger partial charge is 0.348 e. The Morgan fingerprint density at radius 3 is 2.61 bits per heavy atom. The lowest BCUT2D eigenvalue weighted by atomic mass is 10.0. The number of carbonyl (C=O) groups excluding carboxylic acids is 1. The number of likely N-dealkylation sites (tertiary alicyclic amines) is 1. The Morgan fingerprint density at radius 1 is 1.50 bits per heavy atom.